The molecular weight excluding hydrogens is 452 g/mol. The van der Waals surface area contributed by atoms with Gasteiger partial charge in [-0.2, -0.15) is 0 Å². The fourth-order valence-electron chi connectivity index (χ4n) is 6.05. The van der Waals surface area contributed by atoms with Gasteiger partial charge in [-0.15, -0.1) is 5.10 Å². The van der Waals surface area contributed by atoms with Crippen LogP contribution in [0.25, 0.3) is 10.9 Å². The predicted molar refractivity (Wildman–Crippen MR) is 141 cm³/mol. The van der Waals surface area contributed by atoms with Crippen LogP contribution in [0.5, 0.6) is 0 Å². The van der Waals surface area contributed by atoms with E-state index in [1.165, 1.54) is 24.8 Å². The quantitative estimate of drug-likeness (QED) is 0.454. The highest BCUT2D eigenvalue weighted by atomic mass is 16.5. The number of H-pyrrole nitrogens is 1. The highest BCUT2D eigenvalue weighted by Gasteiger charge is 2.34. The Kier molecular flexibility index (Phi) is 7.82. The number of aromatic amines is 1. The van der Waals surface area contributed by atoms with Gasteiger partial charge in [0, 0.05) is 30.8 Å². The number of tetrazole rings is 1. The normalized spacial score (nSPS) is 20.1. The summed E-state index contributed by atoms with van der Waals surface area (Å²) in [5.41, 5.74) is 2.89. The number of aryl methyl sites for hydroxylation is 1. The number of ether oxygens (including phenoxy) is 1. The molecule has 1 saturated carbocycles. The van der Waals surface area contributed by atoms with Crippen LogP contribution in [-0.2, 0) is 17.7 Å². The Labute approximate surface area is 213 Å². The van der Waals surface area contributed by atoms with Crippen molar-refractivity contribution in [1.82, 2.24) is 30.1 Å². The molecule has 0 spiro atoms. The maximum absolute atomic E-state index is 13.2. The second-order valence-electron chi connectivity index (χ2n) is 10.9. The number of rotatable bonds is 9. The third kappa shape index (κ3) is 5.39. The molecule has 194 valence electrons. The van der Waals surface area contributed by atoms with Crippen molar-refractivity contribution >= 4 is 10.9 Å². The van der Waals surface area contributed by atoms with Gasteiger partial charge in [-0.25, -0.2) is 4.68 Å². The molecular formula is C28H40N6O2. The summed E-state index contributed by atoms with van der Waals surface area (Å²) < 4.78 is 8.15. The maximum atomic E-state index is 13.2. The van der Waals surface area contributed by atoms with Gasteiger partial charge in [0.05, 0.1) is 18.2 Å². The second kappa shape index (κ2) is 11.2. The Morgan fingerprint density at radius 1 is 1.14 bits per heavy atom. The van der Waals surface area contributed by atoms with Crippen LogP contribution >= 0.6 is 0 Å². The van der Waals surface area contributed by atoms with Gasteiger partial charge in [-0.3, -0.25) is 9.69 Å². The lowest BCUT2D eigenvalue weighted by Gasteiger charge is -2.36. The van der Waals surface area contributed by atoms with E-state index in [0.717, 1.165) is 67.5 Å². The lowest BCUT2D eigenvalue weighted by Crippen LogP contribution is -2.40. The highest BCUT2D eigenvalue weighted by molar-refractivity contribution is 5.79. The van der Waals surface area contributed by atoms with E-state index in [2.05, 4.69) is 69.1 Å². The molecule has 2 aliphatic rings. The van der Waals surface area contributed by atoms with Gasteiger partial charge in [0.2, 0.25) is 0 Å². The third-order valence-corrected chi connectivity index (χ3v) is 7.96. The number of pyridine rings is 1. The van der Waals surface area contributed by atoms with Gasteiger partial charge in [0.25, 0.3) is 5.56 Å². The van der Waals surface area contributed by atoms with Crippen molar-refractivity contribution in [2.45, 2.75) is 96.9 Å². The van der Waals surface area contributed by atoms with Crippen molar-refractivity contribution in [3.8, 4) is 0 Å². The van der Waals surface area contributed by atoms with Crippen molar-refractivity contribution in [1.29, 1.82) is 0 Å². The van der Waals surface area contributed by atoms with E-state index in [1.807, 2.05) is 6.07 Å². The second-order valence-corrected chi connectivity index (χ2v) is 10.9. The van der Waals surface area contributed by atoms with Crippen LogP contribution in [0.2, 0.25) is 0 Å². The average Bonchev–Trinajstić information content (AvgIpc) is 3.57. The molecule has 36 heavy (non-hydrogen) atoms. The number of hydrogen-bond acceptors (Lipinski definition) is 6. The summed E-state index contributed by atoms with van der Waals surface area (Å²) in [6.07, 6.45) is 9.24. The minimum Gasteiger partial charge on any atom is -0.377 e. The number of aromatic nitrogens is 5. The molecule has 0 amide bonds. The zero-order valence-corrected chi connectivity index (χ0v) is 21.9. The van der Waals surface area contributed by atoms with Gasteiger partial charge in [-0.05, 0) is 77.6 Å². The zero-order valence-electron chi connectivity index (χ0n) is 21.9. The van der Waals surface area contributed by atoms with E-state index in [9.17, 15) is 4.79 Å². The third-order valence-electron chi connectivity index (χ3n) is 7.96. The minimum absolute atomic E-state index is 0.0109. The van der Waals surface area contributed by atoms with Crippen molar-refractivity contribution in [3.05, 3.63) is 51.6 Å². The number of nitrogens with one attached hydrogen (secondary N) is 1. The van der Waals surface area contributed by atoms with Crippen molar-refractivity contribution in [2.75, 3.05) is 13.2 Å². The predicted octanol–water partition coefficient (Wildman–Crippen LogP) is 4.96. The standard InChI is InChI=1S/C28H40N6O2/c1-4-20-12-13-25-21(15-20)16-22(28(35)29-25)17-33(18-24-11-8-14-36-24)26(19(2)3)27-30-31-32-34(27)23-9-6-5-7-10-23/h12-13,15-16,19,23-24,26H,4-11,14,17-18H2,1-3H3,(H,29,35)/t24-,26-/m0/s1. The molecule has 8 heteroatoms. The average molecular weight is 493 g/mol. The number of benzene rings is 1. The lowest BCUT2D eigenvalue weighted by atomic mass is 9.94. The van der Waals surface area contributed by atoms with E-state index >= 15 is 0 Å². The fourth-order valence-corrected chi connectivity index (χ4v) is 6.05. The molecule has 1 saturated heterocycles. The van der Waals surface area contributed by atoms with Crippen LogP contribution in [0.4, 0.5) is 0 Å². The Morgan fingerprint density at radius 2 is 1.97 bits per heavy atom. The van der Waals surface area contributed by atoms with Gasteiger partial charge in [0.15, 0.2) is 5.82 Å². The van der Waals surface area contributed by atoms with Crippen molar-refractivity contribution in [2.24, 2.45) is 5.92 Å². The van der Waals surface area contributed by atoms with Crippen LogP contribution in [0.15, 0.2) is 29.1 Å². The Hall–Kier alpha value is -2.58. The maximum Gasteiger partial charge on any atom is 0.252 e. The van der Waals surface area contributed by atoms with E-state index in [-0.39, 0.29) is 23.6 Å². The molecule has 1 aromatic carbocycles. The molecule has 5 rings (SSSR count). The first-order valence-electron chi connectivity index (χ1n) is 13.8. The van der Waals surface area contributed by atoms with Crippen molar-refractivity contribution < 1.29 is 4.74 Å². The minimum atomic E-state index is -0.0292. The van der Waals surface area contributed by atoms with E-state index in [1.54, 1.807) is 0 Å². The van der Waals surface area contributed by atoms with Crippen LogP contribution in [0, 0.1) is 5.92 Å². The van der Waals surface area contributed by atoms with Crippen LogP contribution < -0.4 is 5.56 Å². The Bertz CT molecular complexity index is 1210. The monoisotopic (exact) mass is 492 g/mol. The van der Waals surface area contributed by atoms with Gasteiger partial charge in [-0.1, -0.05) is 46.1 Å². The van der Waals surface area contributed by atoms with Crippen LogP contribution in [0.3, 0.4) is 0 Å². The molecule has 2 atom stereocenters. The molecule has 0 radical (unpaired) electrons. The summed E-state index contributed by atoms with van der Waals surface area (Å²) in [6.45, 7) is 8.70. The first kappa shape index (κ1) is 25.1. The number of nitrogens with zero attached hydrogens (tertiary/aromatic N) is 5. The number of fused-ring (bicyclic) bond motifs is 1. The van der Waals surface area contributed by atoms with E-state index < -0.39 is 0 Å². The Morgan fingerprint density at radius 3 is 2.69 bits per heavy atom. The molecule has 1 N–H and O–H groups in total. The lowest BCUT2D eigenvalue weighted by molar-refractivity contribution is 0.0375. The fraction of sp³-hybridized carbons (Fsp3) is 0.643. The Balaban J connectivity index is 1.51. The summed E-state index contributed by atoms with van der Waals surface area (Å²) in [5, 5.41) is 14.3. The molecule has 1 aliphatic carbocycles. The molecule has 1 aliphatic heterocycles. The molecule has 3 heterocycles. The van der Waals surface area contributed by atoms with Gasteiger partial charge in [0.1, 0.15) is 0 Å². The zero-order chi connectivity index (χ0) is 25.1. The van der Waals surface area contributed by atoms with Crippen LogP contribution in [0.1, 0.15) is 94.8 Å². The van der Waals surface area contributed by atoms with Crippen LogP contribution in [-0.4, -0.2) is 49.3 Å². The molecule has 2 aromatic heterocycles. The highest BCUT2D eigenvalue weighted by Crippen LogP contribution is 2.34. The molecule has 8 nitrogen and oxygen atoms in total. The molecule has 0 unspecified atom stereocenters. The first-order chi connectivity index (χ1) is 17.5. The summed E-state index contributed by atoms with van der Waals surface area (Å²) in [5.74, 6) is 1.19. The summed E-state index contributed by atoms with van der Waals surface area (Å²) >= 11 is 0. The molecule has 3 aromatic rings. The van der Waals surface area contributed by atoms with Gasteiger partial charge < -0.3 is 9.72 Å². The van der Waals surface area contributed by atoms with Crippen molar-refractivity contribution in [3.63, 3.8) is 0 Å². The summed E-state index contributed by atoms with van der Waals surface area (Å²) in [7, 11) is 0. The van der Waals surface area contributed by atoms with E-state index in [0.29, 0.717) is 12.6 Å². The number of hydrogen-bond donors (Lipinski definition) is 1. The topological polar surface area (TPSA) is 88.9 Å². The molecule has 2 fully saturated rings. The SMILES string of the molecule is CCc1ccc2[nH]c(=O)c(CN(C[C@@H]3CCCO3)[C@H](c3nnnn3C3CCCCC3)C(C)C)cc2c1. The van der Waals surface area contributed by atoms with Gasteiger partial charge >= 0.3 is 0 Å². The smallest absolute Gasteiger partial charge is 0.252 e. The first-order valence-corrected chi connectivity index (χ1v) is 13.8. The largest absolute Gasteiger partial charge is 0.377 e. The summed E-state index contributed by atoms with van der Waals surface area (Å²) in [6, 6.07) is 8.69. The summed E-state index contributed by atoms with van der Waals surface area (Å²) in [4.78, 5) is 18.7. The molecule has 0 bridgehead atoms. The van der Waals surface area contributed by atoms with E-state index in [4.69, 9.17) is 4.74 Å².